The summed E-state index contributed by atoms with van der Waals surface area (Å²) in [4.78, 5) is 0. The molecule has 0 heterocycles. The number of hydrogen-bond acceptors (Lipinski definition) is 3. The second-order valence-corrected chi connectivity index (χ2v) is 10.2. The van der Waals surface area contributed by atoms with Gasteiger partial charge in [0.15, 0.2) is 0 Å². The minimum atomic E-state index is -0.469. The van der Waals surface area contributed by atoms with E-state index >= 15 is 0 Å². The first-order chi connectivity index (χ1) is 16.7. The smallest absolute Gasteiger partial charge is 0.121 e. The molecule has 35 heavy (non-hydrogen) atoms. The number of unbranched alkanes of at least 4 members (excludes halogenated alkanes) is 6. The average molecular weight is 475 g/mol. The third kappa shape index (κ3) is 5.83. The molecule has 188 valence electrons. The molecule has 0 radical (unpaired) electrons. The zero-order chi connectivity index (χ0) is 25.6. The average Bonchev–Trinajstić information content (AvgIpc) is 2.83. The van der Waals surface area contributed by atoms with Gasteiger partial charge in [-0.3, -0.25) is 0 Å². The molecule has 0 bridgehead atoms. The Bertz CT molecular complexity index is 1020. The maximum Gasteiger partial charge on any atom is 0.121 e. The van der Waals surface area contributed by atoms with Gasteiger partial charge in [0, 0.05) is 5.41 Å². The minimum Gasteiger partial charge on any atom is -0.508 e. The van der Waals surface area contributed by atoms with Gasteiger partial charge in [-0.25, -0.2) is 0 Å². The highest BCUT2D eigenvalue weighted by molar-refractivity contribution is 5.58. The van der Waals surface area contributed by atoms with E-state index in [4.69, 9.17) is 0 Å². The summed E-state index contributed by atoms with van der Waals surface area (Å²) in [6.07, 6.45) is 9.48. The molecule has 3 aromatic rings. The topological polar surface area (TPSA) is 60.7 Å². The molecule has 0 atom stereocenters. The predicted octanol–water partition coefficient (Wildman–Crippen LogP) is 8.51. The Morgan fingerprint density at radius 3 is 1.37 bits per heavy atom. The second kappa shape index (κ2) is 11.7. The van der Waals surface area contributed by atoms with Crippen molar-refractivity contribution in [2.75, 3.05) is 0 Å². The lowest BCUT2D eigenvalue weighted by Gasteiger charge is -2.37. The molecule has 0 aliphatic rings. The Hall–Kier alpha value is -2.94. The number of benzene rings is 3. The molecule has 0 saturated carbocycles. The highest BCUT2D eigenvalue weighted by atomic mass is 16.3. The van der Waals surface area contributed by atoms with E-state index in [0.29, 0.717) is 11.5 Å². The molecular formula is C32H42O3. The van der Waals surface area contributed by atoms with E-state index in [-0.39, 0.29) is 5.75 Å². The molecule has 3 heteroatoms. The first-order valence-corrected chi connectivity index (χ1v) is 13.1. The van der Waals surface area contributed by atoms with Crippen LogP contribution in [0.4, 0.5) is 0 Å². The summed E-state index contributed by atoms with van der Waals surface area (Å²) in [5, 5.41) is 31.2. The van der Waals surface area contributed by atoms with Gasteiger partial charge < -0.3 is 15.3 Å². The predicted molar refractivity (Wildman–Crippen MR) is 146 cm³/mol. The van der Waals surface area contributed by atoms with Crippen molar-refractivity contribution >= 4 is 0 Å². The molecule has 3 N–H and O–H groups in total. The zero-order valence-corrected chi connectivity index (χ0v) is 22.1. The largest absolute Gasteiger partial charge is 0.508 e. The monoisotopic (exact) mass is 474 g/mol. The van der Waals surface area contributed by atoms with Gasteiger partial charge in [0.25, 0.3) is 0 Å². The molecule has 3 aromatic carbocycles. The van der Waals surface area contributed by atoms with Crippen molar-refractivity contribution in [3.05, 3.63) is 87.5 Å². The molecule has 3 nitrogen and oxygen atoms in total. The fourth-order valence-electron chi connectivity index (χ4n) is 5.43. The molecule has 0 aliphatic carbocycles. The Kier molecular flexibility index (Phi) is 8.88. The molecule has 0 saturated heterocycles. The van der Waals surface area contributed by atoms with Gasteiger partial charge in [-0.1, -0.05) is 88.3 Å². The van der Waals surface area contributed by atoms with Gasteiger partial charge in [0.1, 0.15) is 17.2 Å². The van der Waals surface area contributed by atoms with Crippen molar-refractivity contribution in [3.8, 4) is 17.2 Å². The fraction of sp³-hybridized carbons (Fsp3) is 0.438. The van der Waals surface area contributed by atoms with Crippen LogP contribution in [0.5, 0.6) is 17.2 Å². The third-order valence-electron chi connectivity index (χ3n) is 7.48. The minimum absolute atomic E-state index is 0.245. The van der Waals surface area contributed by atoms with E-state index in [9.17, 15) is 15.3 Å². The lowest BCUT2D eigenvalue weighted by atomic mass is 9.65. The SMILES string of the molecule is CCCCCCCCCC(c1ccc(O)cc1)(c1cc(C)c(O)c(C)c1)c1cc(C)c(O)c(C)c1. The number of aromatic hydroxyl groups is 3. The van der Waals surface area contributed by atoms with Gasteiger partial charge in [0.05, 0.1) is 0 Å². The molecule has 0 spiro atoms. The number of hydrogen-bond donors (Lipinski definition) is 3. The van der Waals surface area contributed by atoms with E-state index < -0.39 is 5.41 Å². The Labute approximate surface area is 211 Å². The Morgan fingerprint density at radius 1 is 0.543 bits per heavy atom. The molecule has 3 rings (SSSR count). The normalized spacial score (nSPS) is 11.7. The number of phenols is 3. The van der Waals surface area contributed by atoms with Gasteiger partial charge in [0.2, 0.25) is 0 Å². The zero-order valence-electron chi connectivity index (χ0n) is 22.1. The summed E-state index contributed by atoms with van der Waals surface area (Å²) in [7, 11) is 0. The maximum atomic E-state index is 10.5. The summed E-state index contributed by atoms with van der Waals surface area (Å²) in [5.41, 5.74) is 6.33. The van der Waals surface area contributed by atoms with Crippen LogP contribution in [0.25, 0.3) is 0 Å². The number of phenolic OH excluding ortho intramolecular Hbond substituents is 3. The van der Waals surface area contributed by atoms with Crippen LogP contribution < -0.4 is 0 Å². The van der Waals surface area contributed by atoms with Crippen LogP contribution in [0.1, 0.15) is 97.2 Å². The molecule has 0 aliphatic heterocycles. The van der Waals surface area contributed by atoms with Crippen molar-refractivity contribution in [1.82, 2.24) is 0 Å². The van der Waals surface area contributed by atoms with E-state index in [1.54, 1.807) is 12.1 Å². The number of aryl methyl sites for hydroxylation is 4. The maximum absolute atomic E-state index is 10.5. The highest BCUT2D eigenvalue weighted by Gasteiger charge is 2.37. The number of rotatable bonds is 11. The van der Waals surface area contributed by atoms with Crippen molar-refractivity contribution < 1.29 is 15.3 Å². The molecule has 0 aromatic heterocycles. The van der Waals surface area contributed by atoms with Crippen LogP contribution in [-0.2, 0) is 5.41 Å². The quantitative estimate of drug-likeness (QED) is 0.193. The highest BCUT2D eigenvalue weighted by Crippen LogP contribution is 2.47. The van der Waals surface area contributed by atoms with Crippen LogP contribution in [0.2, 0.25) is 0 Å². The van der Waals surface area contributed by atoms with Crippen LogP contribution in [-0.4, -0.2) is 15.3 Å². The van der Waals surface area contributed by atoms with Crippen LogP contribution >= 0.6 is 0 Å². The van der Waals surface area contributed by atoms with E-state index in [0.717, 1.165) is 58.2 Å². The van der Waals surface area contributed by atoms with Gasteiger partial charge in [-0.2, -0.15) is 0 Å². The summed E-state index contributed by atoms with van der Waals surface area (Å²) >= 11 is 0. The molecule has 0 fully saturated rings. The van der Waals surface area contributed by atoms with Crippen LogP contribution in [0.3, 0.4) is 0 Å². The van der Waals surface area contributed by atoms with Crippen molar-refractivity contribution in [3.63, 3.8) is 0 Å². The first-order valence-electron chi connectivity index (χ1n) is 13.1. The lowest BCUT2D eigenvalue weighted by molar-refractivity contribution is 0.460. The van der Waals surface area contributed by atoms with Gasteiger partial charge >= 0.3 is 0 Å². The van der Waals surface area contributed by atoms with Gasteiger partial charge in [-0.15, -0.1) is 0 Å². The fourth-order valence-corrected chi connectivity index (χ4v) is 5.43. The van der Waals surface area contributed by atoms with Crippen LogP contribution in [0, 0.1) is 27.7 Å². The molecular weight excluding hydrogens is 432 g/mol. The summed E-state index contributed by atoms with van der Waals surface area (Å²) in [6.45, 7) is 10.1. The van der Waals surface area contributed by atoms with E-state index in [1.807, 2.05) is 39.8 Å². The van der Waals surface area contributed by atoms with Crippen molar-refractivity contribution in [1.29, 1.82) is 0 Å². The molecule has 0 amide bonds. The first kappa shape index (κ1) is 26.7. The summed E-state index contributed by atoms with van der Waals surface area (Å²) < 4.78 is 0. The van der Waals surface area contributed by atoms with Crippen LogP contribution in [0.15, 0.2) is 48.5 Å². The summed E-state index contributed by atoms with van der Waals surface area (Å²) in [6, 6.07) is 16.0. The molecule has 0 unspecified atom stereocenters. The Morgan fingerprint density at radius 2 is 0.943 bits per heavy atom. The van der Waals surface area contributed by atoms with E-state index in [2.05, 4.69) is 31.2 Å². The second-order valence-electron chi connectivity index (χ2n) is 10.2. The van der Waals surface area contributed by atoms with E-state index in [1.165, 1.54) is 32.1 Å². The summed E-state index contributed by atoms with van der Waals surface area (Å²) in [5.74, 6) is 0.916. The van der Waals surface area contributed by atoms with Gasteiger partial charge in [-0.05, 0) is 85.2 Å². The van der Waals surface area contributed by atoms with Crippen molar-refractivity contribution in [2.45, 2.75) is 91.4 Å². The van der Waals surface area contributed by atoms with Crippen molar-refractivity contribution in [2.24, 2.45) is 0 Å². The standard InChI is InChI=1S/C32H42O3/c1-6-7-8-9-10-11-12-17-32(26-13-15-29(33)16-14-26,27-18-22(2)30(34)23(3)19-27)28-20-24(4)31(35)25(5)21-28/h13-16,18-21,33-35H,6-12,17H2,1-5H3. The third-order valence-corrected chi connectivity index (χ3v) is 7.48. The lowest BCUT2D eigenvalue weighted by Crippen LogP contribution is -2.30. The Balaban J connectivity index is 2.18.